The van der Waals surface area contributed by atoms with E-state index in [0.29, 0.717) is 31.1 Å². The summed E-state index contributed by atoms with van der Waals surface area (Å²) in [6.45, 7) is 3.63. The molecule has 88 valence electrons. The van der Waals surface area contributed by atoms with Gasteiger partial charge in [-0.2, -0.15) is 0 Å². The number of carbonyl (C=O) groups is 1. The molecular formula is C12H17NO3. The highest BCUT2D eigenvalue weighted by Gasteiger charge is 2.05. The summed E-state index contributed by atoms with van der Waals surface area (Å²) in [6, 6.07) is 7.04. The SMILES string of the molecule is CCOCCNC(=O)c1cccc(OC)c1. The number of ether oxygens (including phenoxy) is 2. The monoisotopic (exact) mass is 223 g/mol. The Balaban J connectivity index is 2.46. The lowest BCUT2D eigenvalue weighted by Crippen LogP contribution is -2.27. The van der Waals surface area contributed by atoms with Gasteiger partial charge in [0.15, 0.2) is 0 Å². The van der Waals surface area contributed by atoms with Crippen molar-refractivity contribution in [2.45, 2.75) is 6.92 Å². The molecule has 0 heterocycles. The van der Waals surface area contributed by atoms with E-state index >= 15 is 0 Å². The third-order valence-corrected chi connectivity index (χ3v) is 2.07. The molecule has 0 saturated carbocycles. The third-order valence-electron chi connectivity index (χ3n) is 2.07. The zero-order valence-corrected chi connectivity index (χ0v) is 9.66. The Labute approximate surface area is 95.6 Å². The molecule has 1 aromatic rings. The lowest BCUT2D eigenvalue weighted by molar-refractivity contribution is 0.0922. The minimum absolute atomic E-state index is 0.112. The Morgan fingerprint density at radius 2 is 2.25 bits per heavy atom. The fourth-order valence-corrected chi connectivity index (χ4v) is 1.25. The number of benzene rings is 1. The first-order valence-electron chi connectivity index (χ1n) is 5.28. The Morgan fingerprint density at radius 1 is 1.44 bits per heavy atom. The molecule has 1 N–H and O–H groups in total. The Morgan fingerprint density at radius 3 is 2.94 bits per heavy atom. The lowest BCUT2D eigenvalue weighted by Gasteiger charge is -2.06. The second kappa shape index (κ2) is 6.85. The first-order chi connectivity index (χ1) is 7.77. The van der Waals surface area contributed by atoms with Crippen LogP contribution < -0.4 is 10.1 Å². The maximum atomic E-state index is 11.7. The number of nitrogens with one attached hydrogen (secondary N) is 1. The van der Waals surface area contributed by atoms with Crippen LogP contribution in [0.25, 0.3) is 0 Å². The fraction of sp³-hybridized carbons (Fsp3) is 0.417. The molecule has 0 fully saturated rings. The number of hydrogen-bond donors (Lipinski definition) is 1. The molecule has 0 radical (unpaired) electrons. The summed E-state index contributed by atoms with van der Waals surface area (Å²) >= 11 is 0. The second-order valence-corrected chi connectivity index (χ2v) is 3.18. The summed E-state index contributed by atoms with van der Waals surface area (Å²) in [5.74, 6) is 0.566. The smallest absolute Gasteiger partial charge is 0.251 e. The minimum Gasteiger partial charge on any atom is -0.497 e. The van der Waals surface area contributed by atoms with Crippen molar-refractivity contribution in [1.29, 1.82) is 0 Å². The molecule has 0 aromatic heterocycles. The quantitative estimate of drug-likeness (QED) is 0.743. The van der Waals surface area contributed by atoms with Crippen molar-refractivity contribution in [2.75, 3.05) is 26.9 Å². The molecule has 1 rings (SSSR count). The molecule has 4 heteroatoms. The second-order valence-electron chi connectivity index (χ2n) is 3.18. The van der Waals surface area contributed by atoms with Gasteiger partial charge in [-0.1, -0.05) is 6.07 Å². The van der Waals surface area contributed by atoms with Crippen molar-refractivity contribution in [3.63, 3.8) is 0 Å². The summed E-state index contributed by atoms with van der Waals surface area (Å²) < 4.78 is 10.2. The van der Waals surface area contributed by atoms with Crippen LogP contribution in [0.15, 0.2) is 24.3 Å². The molecule has 0 atom stereocenters. The van der Waals surface area contributed by atoms with Gasteiger partial charge in [0.1, 0.15) is 5.75 Å². The Hall–Kier alpha value is -1.55. The van der Waals surface area contributed by atoms with Gasteiger partial charge in [-0.25, -0.2) is 0 Å². The van der Waals surface area contributed by atoms with E-state index in [0.717, 1.165) is 0 Å². The van der Waals surface area contributed by atoms with Crippen LogP contribution in [0.3, 0.4) is 0 Å². The highest BCUT2D eigenvalue weighted by molar-refractivity contribution is 5.94. The first-order valence-corrected chi connectivity index (χ1v) is 5.28. The van der Waals surface area contributed by atoms with E-state index in [1.54, 1.807) is 31.4 Å². The average molecular weight is 223 g/mol. The van der Waals surface area contributed by atoms with Crippen LogP contribution in [-0.4, -0.2) is 32.8 Å². The van der Waals surface area contributed by atoms with Gasteiger partial charge in [0.25, 0.3) is 5.91 Å². The number of amides is 1. The zero-order chi connectivity index (χ0) is 11.8. The molecule has 4 nitrogen and oxygen atoms in total. The summed E-state index contributed by atoms with van der Waals surface area (Å²) in [7, 11) is 1.58. The van der Waals surface area contributed by atoms with Gasteiger partial charge in [0.05, 0.1) is 13.7 Å². The largest absolute Gasteiger partial charge is 0.497 e. The molecule has 0 aliphatic rings. The third kappa shape index (κ3) is 3.90. The number of rotatable bonds is 6. The summed E-state index contributed by atoms with van der Waals surface area (Å²) in [4.78, 5) is 11.7. The van der Waals surface area contributed by atoms with Crippen LogP contribution in [-0.2, 0) is 4.74 Å². The molecule has 0 aliphatic heterocycles. The van der Waals surface area contributed by atoms with Gasteiger partial charge in [0, 0.05) is 18.7 Å². The van der Waals surface area contributed by atoms with Crippen molar-refractivity contribution in [3.05, 3.63) is 29.8 Å². The number of hydrogen-bond acceptors (Lipinski definition) is 3. The van der Waals surface area contributed by atoms with E-state index in [1.165, 1.54) is 0 Å². The van der Waals surface area contributed by atoms with Crippen LogP contribution in [0.2, 0.25) is 0 Å². The molecule has 0 spiro atoms. The molecule has 1 aromatic carbocycles. The van der Waals surface area contributed by atoms with E-state index in [-0.39, 0.29) is 5.91 Å². The normalized spacial score (nSPS) is 9.88. The maximum Gasteiger partial charge on any atom is 0.251 e. The molecule has 0 unspecified atom stereocenters. The van der Waals surface area contributed by atoms with Crippen LogP contribution in [0.1, 0.15) is 17.3 Å². The van der Waals surface area contributed by atoms with E-state index in [9.17, 15) is 4.79 Å². The van der Waals surface area contributed by atoms with Crippen LogP contribution >= 0.6 is 0 Å². The van der Waals surface area contributed by atoms with Gasteiger partial charge < -0.3 is 14.8 Å². The highest BCUT2D eigenvalue weighted by atomic mass is 16.5. The van der Waals surface area contributed by atoms with Crippen LogP contribution in [0.5, 0.6) is 5.75 Å². The average Bonchev–Trinajstić information content (AvgIpc) is 2.34. The van der Waals surface area contributed by atoms with Gasteiger partial charge in [-0.3, -0.25) is 4.79 Å². The van der Waals surface area contributed by atoms with Crippen LogP contribution in [0.4, 0.5) is 0 Å². The van der Waals surface area contributed by atoms with E-state index in [4.69, 9.17) is 9.47 Å². The summed E-state index contributed by atoms with van der Waals surface area (Å²) in [5, 5.41) is 2.77. The summed E-state index contributed by atoms with van der Waals surface area (Å²) in [5.41, 5.74) is 0.593. The van der Waals surface area contributed by atoms with Gasteiger partial charge >= 0.3 is 0 Å². The summed E-state index contributed by atoms with van der Waals surface area (Å²) in [6.07, 6.45) is 0. The first kappa shape index (κ1) is 12.5. The fourth-order valence-electron chi connectivity index (χ4n) is 1.25. The van der Waals surface area contributed by atoms with E-state index < -0.39 is 0 Å². The predicted molar refractivity (Wildman–Crippen MR) is 61.8 cm³/mol. The Bertz CT molecular complexity index is 339. The topological polar surface area (TPSA) is 47.6 Å². The van der Waals surface area contributed by atoms with E-state index in [1.807, 2.05) is 6.92 Å². The highest BCUT2D eigenvalue weighted by Crippen LogP contribution is 2.11. The molecular weight excluding hydrogens is 206 g/mol. The van der Waals surface area contributed by atoms with Gasteiger partial charge in [-0.15, -0.1) is 0 Å². The zero-order valence-electron chi connectivity index (χ0n) is 9.66. The predicted octanol–water partition coefficient (Wildman–Crippen LogP) is 1.46. The lowest BCUT2D eigenvalue weighted by atomic mass is 10.2. The molecule has 0 saturated heterocycles. The molecule has 1 amide bonds. The van der Waals surface area contributed by atoms with Gasteiger partial charge in [0.2, 0.25) is 0 Å². The molecule has 16 heavy (non-hydrogen) atoms. The van der Waals surface area contributed by atoms with Crippen molar-refractivity contribution < 1.29 is 14.3 Å². The van der Waals surface area contributed by atoms with Crippen molar-refractivity contribution in [1.82, 2.24) is 5.32 Å². The molecule has 0 aliphatic carbocycles. The number of methoxy groups -OCH3 is 1. The minimum atomic E-state index is -0.112. The molecule has 0 bridgehead atoms. The standard InChI is InChI=1S/C12H17NO3/c1-3-16-8-7-13-12(14)10-5-4-6-11(9-10)15-2/h4-6,9H,3,7-8H2,1-2H3,(H,13,14). The Kier molecular flexibility index (Phi) is 5.36. The van der Waals surface area contributed by atoms with Crippen LogP contribution in [0, 0.1) is 0 Å². The van der Waals surface area contributed by atoms with Gasteiger partial charge in [-0.05, 0) is 25.1 Å². The van der Waals surface area contributed by atoms with Crippen molar-refractivity contribution in [3.8, 4) is 5.75 Å². The van der Waals surface area contributed by atoms with E-state index in [2.05, 4.69) is 5.32 Å². The van der Waals surface area contributed by atoms with Crippen molar-refractivity contribution >= 4 is 5.91 Å². The van der Waals surface area contributed by atoms with Crippen molar-refractivity contribution in [2.24, 2.45) is 0 Å². The number of carbonyl (C=O) groups excluding carboxylic acids is 1. The maximum absolute atomic E-state index is 11.7.